The summed E-state index contributed by atoms with van der Waals surface area (Å²) in [6, 6.07) is 0. The number of hydrogen-bond donors (Lipinski definition) is 1. The first kappa shape index (κ1) is 45.9. The van der Waals surface area contributed by atoms with Gasteiger partial charge in [-0.1, -0.05) is 118 Å². The van der Waals surface area contributed by atoms with Crippen molar-refractivity contribution in [3.05, 3.63) is 0 Å². The minimum absolute atomic E-state index is 0.0251. The number of aliphatic hydroxyl groups excluding tert-OH is 1. The van der Waals surface area contributed by atoms with Crippen LogP contribution >= 0.6 is 0 Å². The van der Waals surface area contributed by atoms with Gasteiger partial charge in [-0.15, -0.1) is 0 Å². The Morgan fingerprint density at radius 3 is 1.21 bits per heavy atom. The quantitative estimate of drug-likeness (QED) is 0.0525. The van der Waals surface area contributed by atoms with Gasteiger partial charge < -0.3 is 19.5 Å². The first-order chi connectivity index (χ1) is 23.0. The predicted molar refractivity (Wildman–Crippen MR) is 200 cm³/mol. The number of nitrogens with zero attached hydrogens (tertiary/aromatic N) is 1. The summed E-state index contributed by atoms with van der Waals surface area (Å²) < 4.78 is 11.4. The number of hydrogen-bond acceptors (Lipinski definition) is 6. The maximum Gasteiger partial charge on any atom is 0.305 e. The lowest BCUT2D eigenvalue weighted by Crippen LogP contribution is -2.27. The van der Waals surface area contributed by atoms with E-state index >= 15 is 0 Å². The highest BCUT2D eigenvalue weighted by molar-refractivity contribution is 5.69. The summed E-state index contributed by atoms with van der Waals surface area (Å²) in [5.41, 5.74) is 0. The van der Waals surface area contributed by atoms with E-state index in [4.69, 9.17) is 14.6 Å². The van der Waals surface area contributed by atoms with Gasteiger partial charge in [-0.25, -0.2) is 0 Å². The largest absolute Gasteiger partial charge is 0.465 e. The van der Waals surface area contributed by atoms with E-state index in [1.807, 2.05) is 0 Å². The van der Waals surface area contributed by atoms with Gasteiger partial charge in [0, 0.05) is 19.4 Å². The average molecular weight is 668 g/mol. The molecule has 0 bridgehead atoms. The van der Waals surface area contributed by atoms with Gasteiger partial charge in [0.2, 0.25) is 0 Å². The van der Waals surface area contributed by atoms with Gasteiger partial charge in [0.1, 0.15) is 0 Å². The SMILES string of the molecule is CCCCCCC(CCCC)COC(=O)CCCCCN(CCCCCO)CCCCCC(=O)OCC(CCCC)CCCCCC. The summed E-state index contributed by atoms with van der Waals surface area (Å²) in [7, 11) is 0. The molecule has 0 aliphatic heterocycles. The molecule has 0 aromatic carbocycles. The summed E-state index contributed by atoms with van der Waals surface area (Å²) in [6.45, 7) is 13.6. The van der Waals surface area contributed by atoms with Gasteiger partial charge >= 0.3 is 11.9 Å². The fourth-order valence-electron chi connectivity index (χ4n) is 6.42. The minimum Gasteiger partial charge on any atom is -0.465 e. The minimum atomic E-state index is -0.0251. The second-order valence-electron chi connectivity index (χ2n) is 14.3. The summed E-state index contributed by atoms with van der Waals surface area (Å²) >= 11 is 0. The smallest absolute Gasteiger partial charge is 0.305 e. The van der Waals surface area contributed by atoms with Crippen molar-refractivity contribution in [2.24, 2.45) is 11.8 Å². The Balaban J connectivity index is 4.31. The Kier molecular flexibility index (Phi) is 35.3. The number of unbranched alkanes of at least 4 members (excludes halogenated alkanes) is 14. The van der Waals surface area contributed by atoms with E-state index in [1.165, 1.54) is 103 Å². The molecule has 0 amide bonds. The van der Waals surface area contributed by atoms with Crippen LogP contribution in [0.3, 0.4) is 0 Å². The predicted octanol–water partition coefficient (Wildman–Crippen LogP) is 11.2. The number of rotatable bonds is 37. The summed E-state index contributed by atoms with van der Waals surface area (Å²) in [6.07, 6.45) is 29.9. The van der Waals surface area contributed by atoms with Gasteiger partial charge in [0.15, 0.2) is 0 Å². The lowest BCUT2D eigenvalue weighted by Gasteiger charge is -2.22. The molecule has 0 heterocycles. The number of aliphatic hydroxyl groups is 1. The van der Waals surface area contributed by atoms with Crippen LogP contribution in [0.5, 0.6) is 0 Å². The van der Waals surface area contributed by atoms with Crippen LogP contribution in [0.2, 0.25) is 0 Å². The van der Waals surface area contributed by atoms with E-state index in [2.05, 4.69) is 32.6 Å². The maximum atomic E-state index is 12.4. The van der Waals surface area contributed by atoms with Gasteiger partial charge in [-0.2, -0.15) is 0 Å². The standard InChI is InChI=1S/C41H81NO5/c1-5-9-13-18-28-38(26-11-7-3)36-46-40(44)30-20-15-22-32-42(34-24-17-25-35-43)33-23-16-21-31-41(45)47-37-39(27-12-8-4)29-19-14-10-6-2/h38-39,43H,5-37H2,1-4H3. The molecule has 1 N–H and O–H groups in total. The van der Waals surface area contributed by atoms with Crippen molar-refractivity contribution in [1.82, 2.24) is 4.90 Å². The Hall–Kier alpha value is -1.14. The molecule has 0 fully saturated rings. The molecule has 0 radical (unpaired) electrons. The zero-order chi connectivity index (χ0) is 34.6. The highest BCUT2D eigenvalue weighted by Crippen LogP contribution is 2.20. The molecule has 6 nitrogen and oxygen atoms in total. The highest BCUT2D eigenvalue weighted by atomic mass is 16.5. The van der Waals surface area contributed by atoms with Gasteiger partial charge in [-0.05, 0) is 102 Å². The molecule has 0 aromatic rings. The third-order valence-electron chi connectivity index (χ3n) is 9.67. The van der Waals surface area contributed by atoms with Crippen molar-refractivity contribution in [3.63, 3.8) is 0 Å². The Morgan fingerprint density at radius 1 is 0.468 bits per heavy atom. The van der Waals surface area contributed by atoms with E-state index in [-0.39, 0.29) is 18.5 Å². The van der Waals surface area contributed by atoms with Crippen molar-refractivity contribution in [2.75, 3.05) is 39.5 Å². The molecular formula is C41H81NO5. The van der Waals surface area contributed by atoms with Crippen LogP contribution < -0.4 is 0 Å². The van der Waals surface area contributed by atoms with E-state index in [0.29, 0.717) is 37.9 Å². The topological polar surface area (TPSA) is 76.1 Å². The summed E-state index contributed by atoms with van der Waals surface area (Å²) in [4.78, 5) is 27.4. The first-order valence-corrected chi connectivity index (χ1v) is 20.6. The Labute approximate surface area is 292 Å². The van der Waals surface area contributed by atoms with Crippen molar-refractivity contribution in [1.29, 1.82) is 0 Å². The lowest BCUT2D eigenvalue weighted by atomic mass is 9.96. The zero-order valence-electron chi connectivity index (χ0n) is 32.0. The van der Waals surface area contributed by atoms with Crippen molar-refractivity contribution < 1.29 is 24.2 Å². The average Bonchev–Trinajstić information content (AvgIpc) is 3.07. The Morgan fingerprint density at radius 2 is 0.830 bits per heavy atom. The fourth-order valence-corrected chi connectivity index (χ4v) is 6.42. The fraction of sp³-hybridized carbons (Fsp3) is 0.951. The molecule has 0 aliphatic rings. The number of esters is 2. The molecule has 280 valence electrons. The second kappa shape index (κ2) is 36.1. The number of carbonyl (C=O) groups excluding carboxylic acids is 2. The number of ether oxygens (including phenoxy) is 2. The van der Waals surface area contributed by atoms with Crippen LogP contribution in [-0.2, 0) is 19.1 Å². The molecule has 2 unspecified atom stereocenters. The second-order valence-corrected chi connectivity index (χ2v) is 14.3. The zero-order valence-corrected chi connectivity index (χ0v) is 32.0. The van der Waals surface area contributed by atoms with E-state index in [1.54, 1.807) is 0 Å². The molecule has 0 rings (SSSR count). The third-order valence-corrected chi connectivity index (χ3v) is 9.67. The van der Waals surface area contributed by atoms with Crippen LogP contribution in [0.4, 0.5) is 0 Å². The summed E-state index contributed by atoms with van der Waals surface area (Å²) in [5, 5.41) is 9.16. The van der Waals surface area contributed by atoms with E-state index < -0.39 is 0 Å². The van der Waals surface area contributed by atoms with Crippen LogP contribution in [0.25, 0.3) is 0 Å². The van der Waals surface area contributed by atoms with Crippen molar-refractivity contribution >= 4 is 11.9 Å². The van der Waals surface area contributed by atoms with Crippen LogP contribution in [0, 0.1) is 11.8 Å². The molecule has 47 heavy (non-hydrogen) atoms. The molecular weight excluding hydrogens is 586 g/mol. The van der Waals surface area contributed by atoms with Crippen molar-refractivity contribution in [2.45, 2.75) is 201 Å². The number of carbonyl (C=O) groups is 2. The summed E-state index contributed by atoms with van der Waals surface area (Å²) in [5.74, 6) is 0.994. The highest BCUT2D eigenvalue weighted by Gasteiger charge is 2.14. The maximum absolute atomic E-state index is 12.4. The molecule has 0 aliphatic carbocycles. The molecule has 2 atom stereocenters. The lowest BCUT2D eigenvalue weighted by molar-refractivity contribution is -0.146. The van der Waals surface area contributed by atoms with Gasteiger partial charge in [0.25, 0.3) is 0 Å². The Bertz CT molecular complexity index is 622. The third kappa shape index (κ3) is 31.9. The monoisotopic (exact) mass is 668 g/mol. The van der Waals surface area contributed by atoms with E-state index in [9.17, 15) is 9.59 Å². The van der Waals surface area contributed by atoms with Crippen LogP contribution in [0.1, 0.15) is 201 Å². The van der Waals surface area contributed by atoms with E-state index in [0.717, 1.165) is 77.4 Å². The molecule has 6 heteroatoms. The first-order valence-electron chi connectivity index (χ1n) is 20.6. The van der Waals surface area contributed by atoms with Gasteiger partial charge in [-0.3, -0.25) is 9.59 Å². The molecule has 0 aromatic heterocycles. The van der Waals surface area contributed by atoms with Crippen LogP contribution in [-0.4, -0.2) is 61.4 Å². The molecule has 0 saturated carbocycles. The van der Waals surface area contributed by atoms with Crippen LogP contribution in [0.15, 0.2) is 0 Å². The van der Waals surface area contributed by atoms with Gasteiger partial charge in [0.05, 0.1) is 13.2 Å². The molecule has 0 saturated heterocycles. The normalized spacial score (nSPS) is 12.8. The molecule has 0 spiro atoms. The van der Waals surface area contributed by atoms with Crippen molar-refractivity contribution in [3.8, 4) is 0 Å².